The molecule has 0 aliphatic heterocycles. The average molecular weight is 229 g/mol. The molecule has 0 saturated carbocycles. The minimum atomic E-state index is 0.779. The zero-order valence-corrected chi connectivity index (χ0v) is 10.7. The third-order valence-electron chi connectivity index (χ3n) is 3.00. The molecule has 2 rings (SSSR count). The molecule has 0 bridgehead atoms. The Balaban J connectivity index is 1.87. The molecule has 2 heteroatoms. The minimum Gasteiger partial charge on any atom is -0.465 e. The Morgan fingerprint density at radius 1 is 0.941 bits per heavy atom. The second-order valence-corrected chi connectivity index (χ2v) is 4.53. The van der Waals surface area contributed by atoms with Crippen LogP contribution in [0, 0.1) is 20.8 Å². The van der Waals surface area contributed by atoms with Gasteiger partial charge in [-0.15, -0.1) is 0 Å². The van der Waals surface area contributed by atoms with Crippen molar-refractivity contribution in [1.29, 1.82) is 0 Å². The van der Waals surface area contributed by atoms with Gasteiger partial charge in [-0.2, -0.15) is 0 Å². The second kappa shape index (κ2) is 5.19. The smallest absolute Gasteiger partial charge is 0.117 e. The van der Waals surface area contributed by atoms with Crippen LogP contribution in [0.3, 0.4) is 0 Å². The van der Waals surface area contributed by atoms with Crippen molar-refractivity contribution in [3.8, 4) is 0 Å². The molecule has 90 valence electrons. The average Bonchev–Trinajstić information content (AvgIpc) is 2.70. The molecule has 1 N–H and O–H groups in total. The van der Waals surface area contributed by atoms with Gasteiger partial charge in [0.1, 0.15) is 11.5 Å². The Kier molecular flexibility index (Phi) is 3.64. The van der Waals surface area contributed by atoms with Crippen LogP contribution in [0.15, 0.2) is 34.7 Å². The monoisotopic (exact) mass is 229 g/mol. The number of hydrogen-bond donors (Lipinski definition) is 1. The van der Waals surface area contributed by atoms with E-state index >= 15 is 0 Å². The van der Waals surface area contributed by atoms with Gasteiger partial charge >= 0.3 is 0 Å². The number of hydrogen-bond acceptors (Lipinski definition) is 2. The summed E-state index contributed by atoms with van der Waals surface area (Å²) in [4.78, 5) is 0. The van der Waals surface area contributed by atoms with Crippen LogP contribution >= 0.6 is 0 Å². The largest absolute Gasteiger partial charge is 0.465 e. The first-order valence-electron chi connectivity index (χ1n) is 5.97. The summed E-state index contributed by atoms with van der Waals surface area (Å²) in [5.41, 5.74) is 4.00. The summed E-state index contributed by atoms with van der Waals surface area (Å²) in [6.45, 7) is 7.90. The van der Waals surface area contributed by atoms with E-state index in [2.05, 4.69) is 37.4 Å². The summed E-state index contributed by atoms with van der Waals surface area (Å²) < 4.78 is 5.50. The predicted molar refractivity (Wildman–Crippen MR) is 69.9 cm³/mol. The van der Waals surface area contributed by atoms with Gasteiger partial charge in [0, 0.05) is 6.54 Å². The highest BCUT2D eigenvalue weighted by Crippen LogP contribution is 2.10. The Morgan fingerprint density at radius 3 is 2.41 bits per heavy atom. The lowest BCUT2D eigenvalue weighted by Crippen LogP contribution is -2.12. The highest BCUT2D eigenvalue weighted by Gasteiger charge is 1.99. The maximum Gasteiger partial charge on any atom is 0.117 e. The standard InChI is InChI=1S/C15H19NO/c1-11-4-6-14(8-12(11)2)9-16-10-15-7-5-13(3)17-15/h4-8,16H,9-10H2,1-3H3. The molecular weight excluding hydrogens is 210 g/mol. The van der Waals surface area contributed by atoms with Gasteiger partial charge in [-0.1, -0.05) is 18.2 Å². The molecule has 17 heavy (non-hydrogen) atoms. The Morgan fingerprint density at radius 2 is 1.76 bits per heavy atom. The van der Waals surface area contributed by atoms with E-state index in [-0.39, 0.29) is 0 Å². The van der Waals surface area contributed by atoms with E-state index in [0.29, 0.717) is 0 Å². The van der Waals surface area contributed by atoms with Crippen LogP contribution in [0.25, 0.3) is 0 Å². The molecule has 1 aromatic carbocycles. The maximum absolute atomic E-state index is 5.50. The zero-order chi connectivity index (χ0) is 12.3. The van der Waals surface area contributed by atoms with E-state index in [4.69, 9.17) is 4.42 Å². The minimum absolute atomic E-state index is 0.779. The van der Waals surface area contributed by atoms with E-state index < -0.39 is 0 Å². The number of rotatable bonds is 4. The van der Waals surface area contributed by atoms with Crippen LogP contribution < -0.4 is 5.32 Å². The topological polar surface area (TPSA) is 25.2 Å². The molecule has 0 aliphatic rings. The predicted octanol–water partition coefficient (Wildman–Crippen LogP) is 3.49. The van der Waals surface area contributed by atoms with Gasteiger partial charge in [-0.05, 0) is 49.6 Å². The molecule has 0 unspecified atom stereocenters. The van der Waals surface area contributed by atoms with Crippen molar-refractivity contribution in [2.24, 2.45) is 0 Å². The number of nitrogens with one attached hydrogen (secondary N) is 1. The first-order valence-corrected chi connectivity index (χ1v) is 5.97. The molecule has 0 atom stereocenters. The molecule has 2 aromatic rings. The van der Waals surface area contributed by atoms with Crippen molar-refractivity contribution in [2.75, 3.05) is 0 Å². The van der Waals surface area contributed by atoms with Gasteiger partial charge in [0.15, 0.2) is 0 Å². The first-order chi connectivity index (χ1) is 8.15. The quantitative estimate of drug-likeness (QED) is 0.868. The highest BCUT2D eigenvalue weighted by atomic mass is 16.3. The summed E-state index contributed by atoms with van der Waals surface area (Å²) in [6.07, 6.45) is 0. The summed E-state index contributed by atoms with van der Waals surface area (Å²) in [7, 11) is 0. The molecule has 0 amide bonds. The maximum atomic E-state index is 5.50. The van der Waals surface area contributed by atoms with Crippen LogP contribution in [0.4, 0.5) is 0 Å². The van der Waals surface area contributed by atoms with Gasteiger partial charge in [-0.25, -0.2) is 0 Å². The van der Waals surface area contributed by atoms with Crippen molar-refractivity contribution in [1.82, 2.24) is 5.32 Å². The zero-order valence-electron chi connectivity index (χ0n) is 10.7. The molecule has 0 spiro atoms. The van der Waals surface area contributed by atoms with Crippen LogP contribution in [-0.4, -0.2) is 0 Å². The van der Waals surface area contributed by atoms with Crippen molar-refractivity contribution in [3.05, 3.63) is 58.5 Å². The summed E-state index contributed by atoms with van der Waals surface area (Å²) in [6, 6.07) is 10.6. The second-order valence-electron chi connectivity index (χ2n) is 4.53. The van der Waals surface area contributed by atoms with Crippen molar-refractivity contribution in [2.45, 2.75) is 33.9 Å². The van der Waals surface area contributed by atoms with Crippen LogP contribution in [-0.2, 0) is 13.1 Å². The number of aryl methyl sites for hydroxylation is 3. The molecular formula is C15H19NO. The third kappa shape index (κ3) is 3.21. The fraction of sp³-hybridized carbons (Fsp3) is 0.333. The normalized spacial score (nSPS) is 10.8. The van der Waals surface area contributed by atoms with Crippen molar-refractivity contribution in [3.63, 3.8) is 0 Å². The van der Waals surface area contributed by atoms with Gasteiger partial charge < -0.3 is 9.73 Å². The SMILES string of the molecule is Cc1ccc(CNCc2ccc(C)c(C)c2)o1. The van der Waals surface area contributed by atoms with Crippen molar-refractivity contribution < 1.29 is 4.42 Å². The lowest BCUT2D eigenvalue weighted by atomic mass is 10.1. The molecule has 2 nitrogen and oxygen atoms in total. The van der Waals surface area contributed by atoms with Crippen LogP contribution in [0.1, 0.15) is 28.2 Å². The fourth-order valence-electron chi connectivity index (χ4n) is 1.82. The summed E-state index contributed by atoms with van der Waals surface area (Å²) in [5, 5.41) is 3.38. The molecule has 0 aliphatic carbocycles. The Labute approximate surface area is 103 Å². The van der Waals surface area contributed by atoms with E-state index in [0.717, 1.165) is 24.6 Å². The molecule has 0 radical (unpaired) electrons. The van der Waals surface area contributed by atoms with E-state index in [1.807, 2.05) is 19.1 Å². The van der Waals surface area contributed by atoms with E-state index in [9.17, 15) is 0 Å². The Bertz CT molecular complexity index is 499. The van der Waals surface area contributed by atoms with Crippen LogP contribution in [0.5, 0.6) is 0 Å². The van der Waals surface area contributed by atoms with Gasteiger partial charge in [0.2, 0.25) is 0 Å². The molecule has 1 aromatic heterocycles. The van der Waals surface area contributed by atoms with Crippen molar-refractivity contribution >= 4 is 0 Å². The first kappa shape index (κ1) is 11.9. The highest BCUT2D eigenvalue weighted by molar-refractivity contribution is 5.29. The van der Waals surface area contributed by atoms with Gasteiger partial charge in [0.25, 0.3) is 0 Å². The summed E-state index contributed by atoms with van der Waals surface area (Å²) >= 11 is 0. The van der Waals surface area contributed by atoms with Gasteiger partial charge in [0.05, 0.1) is 6.54 Å². The molecule has 0 saturated heterocycles. The van der Waals surface area contributed by atoms with Crippen LogP contribution in [0.2, 0.25) is 0 Å². The number of benzene rings is 1. The van der Waals surface area contributed by atoms with E-state index in [1.165, 1.54) is 16.7 Å². The number of furan rings is 1. The lowest BCUT2D eigenvalue weighted by Gasteiger charge is -2.06. The Hall–Kier alpha value is -1.54. The third-order valence-corrected chi connectivity index (χ3v) is 3.00. The summed E-state index contributed by atoms with van der Waals surface area (Å²) in [5.74, 6) is 1.96. The molecule has 0 fully saturated rings. The fourth-order valence-corrected chi connectivity index (χ4v) is 1.82. The van der Waals surface area contributed by atoms with Gasteiger partial charge in [-0.3, -0.25) is 0 Å². The molecule has 1 heterocycles. The lowest BCUT2D eigenvalue weighted by molar-refractivity contribution is 0.461. The van der Waals surface area contributed by atoms with E-state index in [1.54, 1.807) is 0 Å².